The maximum atomic E-state index is 13.1. The molecule has 0 spiro atoms. The number of rotatable bonds is 9. The molecule has 2 unspecified atom stereocenters. The number of carbonyl (C=O) groups excluding carboxylic acids is 1. The number of carbonyl (C=O) groups is 1. The summed E-state index contributed by atoms with van der Waals surface area (Å²) in [4.78, 5) is 13.1. The smallest absolute Gasteiger partial charge is 0.252 e. The van der Waals surface area contributed by atoms with Crippen molar-refractivity contribution in [2.45, 2.75) is 65.5 Å². The van der Waals surface area contributed by atoms with E-state index >= 15 is 0 Å². The van der Waals surface area contributed by atoms with Gasteiger partial charge in [-0.05, 0) is 60.7 Å². The molecule has 0 aliphatic carbocycles. The lowest BCUT2D eigenvalue weighted by molar-refractivity contribution is 0.0938. The van der Waals surface area contributed by atoms with Gasteiger partial charge in [-0.25, -0.2) is 0 Å². The average molecular weight is 404 g/mol. The number of hydrogen-bond acceptors (Lipinski definition) is 2. The topological polar surface area (TPSA) is 38.3 Å². The fourth-order valence-corrected chi connectivity index (χ4v) is 3.87. The van der Waals surface area contributed by atoms with Crippen molar-refractivity contribution in [3.05, 3.63) is 77.4 Å². The average Bonchev–Trinajstić information content (AvgIpc) is 2.77. The first-order valence-corrected chi connectivity index (χ1v) is 11.1. The SMILES string of the molecule is CCCCC(CC)Oc1ccc(C)c(C(=O)NC(C)c2cccc3ccccc23)c1. The summed E-state index contributed by atoms with van der Waals surface area (Å²) >= 11 is 0. The number of fused-ring (bicyclic) bond motifs is 1. The molecule has 0 fully saturated rings. The first-order chi connectivity index (χ1) is 14.5. The molecule has 3 rings (SSSR count). The van der Waals surface area contributed by atoms with E-state index in [2.05, 4.69) is 43.4 Å². The van der Waals surface area contributed by atoms with Crippen molar-refractivity contribution in [3.8, 4) is 5.75 Å². The largest absolute Gasteiger partial charge is 0.490 e. The molecule has 0 saturated carbocycles. The summed E-state index contributed by atoms with van der Waals surface area (Å²) in [6.07, 6.45) is 4.51. The highest BCUT2D eigenvalue weighted by atomic mass is 16.5. The van der Waals surface area contributed by atoms with Gasteiger partial charge in [0, 0.05) is 5.56 Å². The van der Waals surface area contributed by atoms with Crippen molar-refractivity contribution in [2.75, 3.05) is 0 Å². The van der Waals surface area contributed by atoms with Crippen molar-refractivity contribution in [3.63, 3.8) is 0 Å². The summed E-state index contributed by atoms with van der Waals surface area (Å²) in [6, 6.07) is 20.2. The quantitative estimate of drug-likeness (QED) is 0.418. The summed E-state index contributed by atoms with van der Waals surface area (Å²) < 4.78 is 6.18. The van der Waals surface area contributed by atoms with Gasteiger partial charge in [-0.1, -0.05) is 75.2 Å². The van der Waals surface area contributed by atoms with Crippen molar-refractivity contribution in [2.24, 2.45) is 0 Å². The Morgan fingerprint density at radius 2 is 1.80 bits per heavy atom. The van der Waals surface area contributed by atoms with Crippen LogP contribution in [0.3, 0.4) is 0 Å². The zero-order chi connectivity index (χ0) is 21.5. The molecule has 1 N–H and O–H groups in total. The third-order valence-electron chi connectivity index (χ3n) is 5.73. The fourth-order valence-electron chi connectivity index (χ4n) is 3.87. The third kappa shape index (κ3) is 5.21. The van der Waals surface area contributed by atoms with Crippen LogP contribution in [0, 0.1) is 6.92 Å². The van der Waals surface area contributed by atoms with E-state index in [9.17, 15) is 4.79 Å². The van der Waals surface area contributed by atoms with Gasteiger partial charge in [-0.15, -0.1) is 0 Å². The van der Waals surface area contributed by atoms with Crippen molar-refractivity contribution in [1.29, 1.82) is 0 Å². The highest BCUT2D eigenvalue weighted by Crippen LogP contribution is 2.26. The van der Waals surface area contributed by atoms with E-state index in [-0.39, 0.29) is 18.1 Å². The van der Waals surface area contributed by atoms with Crippen LogP contribution in [0.4, 0.5) is 0 Å². The van der Waals surface area contributed by atoms with Crippen LogP contribution >= 0.6 is 0 Å². The van der Waals surface area contributed by atoms with Crippen LogP contribution in [-0.2, 0) is 0 Å². The van der Waals surface area contributed by atoms with Crippen molar-refractivity contribution < 1.29 is 9.53 Å². The minimum atomic E-state index is -0.0967. The van der Waals surface area contributed by atoms with Crippen LogP contribution in [0.2, 0.25) is 0 Å². The van der Waals surface area contributed by atoms with Gasteiger partial charge in [0.15, 0.2) is 0 Å². The number of hydrogen-bond donors (Lipinski definition) is 1. The molecule has 3 aromatic rings. The summed E-state index contributed by atoms with van der Waals surface area (Å²) in [7, 11) is 0. The van der Waals surface area contributed by atoms with Gasteiger partial charge in [0.1, 0.15) is 5.75 Å². The molecule has 30 heavy (non-hydrogen) atoms. The summed E-state index contributed by atoms with van der Waals surface area (Å²) in [6.45, 7) is 8.34. The van der Waals surface area contributed by atoms with Gasteiger partial charge in [0.2, 0.25) is 0 Å². The van der Waals surface area contributed by atoms with Crippen LogP contribution in [-0.4, -0.2) is 12.0 Å². The maximum Gasteiger partial charge on any atom is 0.252 e. The lowest BCUT2D eigenvalue weighted by Gasteiger charge is -2.20. The summed E-state index contributed by atoms with van der Waals surface area (Å²) in [5.41, 5.74) is 2.74. The van der Waals surface area contributed by atoms with E-state index in [1.165, 1.54) is 10.8 Å². The predicted octanol–water partition coefficient (Wildman–Crippen LogP) is 6.99. The number of unbranched alkanes of at least 4 members (excludes halogenated alkanes) is 1. The minimum Gasteiger partial charge on any atom is -0.490 e. The minimum absolute atomic E-state index is 0.0695. The Morgan fingerprint density at radius 1 is 1.03 bits per heavy atom. The van der Waals surface area contributed by atoms with E-state index in [0.717, 1.165) is 42.6 Å². The second-order valence-corrected chi connectivity index (χ2v) is 8.03. The highest BCUT2D eigenvalue weighted by molar-refractivity contribution is 5.96. The Bertz CT molecular complexity index is 990. The summed E-state index contributed by atoms with van der Waals surface area (Å²) in [5, 5.41) is 5.53. The zero-order valence-electron chi connectivity index (χ0n) is 18.6. The first kappa shape index (κ1) is 21.9. The molecular formula is C27H33NO2. The van der Waals surface area contributed by atoms with Crippen LogP contribution in [0.25, 0.3) is 10.8 Å². The van der Waals surface area contributed by atoms with Crippen molar-refractivity contribution in [1.82, 2.24) is 5.32 Å². The molecular weight excluding hydrogens is 370 g/mol. The molecule has 3 heteroatoms. The molecule has 1 amide bonds. The molecule has 158 valence electrons. The number of ether oxygens (including phenoxy) is 1. The van der Waals surface area contributed by atoms with Crippen LogP contribution < -0.4 is 10.1 Å². The molecule has 0 saturated heterocycles. The standard InChI is InChI=1S/C27H33NO2/c1-5-7-13-22(6-2)30-23-17-16-19(3)26(18-23)27(29)28-20(4)24-15-10-12-21-11-8-9-14-25(21)24/h8-12,14-18,20,22H,5-7,13H2,1-4H3,(H,28,29). The van der Waals surface area contributed by atoms with Crippen LogP contribution in [0.15, 0.2) is 60.7 Å². The lowest BCUT2D eigenvalue weighted by atomic mass is 9.99. The van der Waals surface area contributed by atoms with Gasteiger partial charge in [0.05, 0.1) is 12.1 Å². The Balaban J connectivity index is 1.77. The monoisotopic (exact) mass is 403 g/mol. The number of nitrogens with one attached hydrogen (secondary N) is 1. The second kappa shape index (κ2) is 10.3. The molecule has 3 aromatic carbocycles. The second-order valence-electron chi connectivity index (χ2n) is 8.03. The third-order valence-corrected chi connectivity index (χ3v) is 5.73. The predicted molar refractivity (Wildman–Crippen MR) is 125 cm³/mol. The van der Waals surface area contributed by atoms with Gasteiger partial charge in [0.25, 0.3) is 5.91 Å². The molecule has 0 bridgehead atoms. The van der Waals surface area contributed by atoms with Gasteiger partial charge in [-0.3, -0.25) is 4.79 Å². The molecule has 0 heterocycles. The molecule has 2 atom stereocenters. The van der Waals surface area contributed by atoms with Crippen LogP contribution in [0.5, 0.6) is 5.75 Å². The van der Waals surface area contributed by atoms with E-state index in [1.807, 2.05) is 50.2 Å². The van der Waals surface area contributed by atoms with Gasteiger partial charge < -0.3 is 10.1 Å². The zero-order valence-corrected chi connectivity index (χ0v) is 18.6. The number of aryl methyl sites for hydroxylation is 1. The van der Waals surface area contributed by atoms with E-state index in [0.29, 0.717) is 5.56 Å². The van der Waals surface area contributed by atoms with Crippen LogP contribution in [0.1, 0.15) is 74.0 Å². The summed E-state index contributed by atoms with van der Waals surface area (Å²) in [5.74, 6) is 0.700. The molecule has 0 aliphatic heterocycles. The van der Waals surface area contributed by atoms with E-state index in [1.54, 1.807) is 0 Å². The number of benzene rings is 3. The molecule has 3 nitrogen and oxygen atoms in total. The molecule has 0 radical (unpaired) electrons. The normalized spacial score (nSPS) is 13.1. The van der Waals surface area contributed by atoms with Gasteiger partial charge in [-0.2, -0.15) is 0 Å². The molecule has 0 aliphatic rings. The Morgan fingerprint density at radius 3 is 2.57 bits per heavy atom. The van der Waals surface area contributed by atoms with Gasteiger partial charge >= 0.3 is 0 Å². The molecule has 0 aromatic heterocycles. The Hall–Kier alpha value is -2.81. The Kier molecular flexibility index (Phi) is 7.51. The number of amides is 1. The van der Waals surface area contributed by atoms with Crippen molar-refractivity contribution >= 4 is 16.7 Å². The fraction of sp³-hybridized carbons (Fsp3) is 0.370. The Labute approximate surface area is 180 Å². The van der Waals surface area contributed by atoms with E-state index in [4.69, 9.17) is 4.74 Å². The highest BCUT2D eigenvalue weighted by Gasteiger charge is 2.17. The maximum absolute atomic E-state index is 13.1. The lowest BCUT2D eigenvalue weighted by Crippen LogP contribution is -2.27. The first-order valence-electron chi connectivity index (χ1n) is 11.1. The van der Waals surface area contributed by atoms with E-state index < -0.39 is 0 Å².